The highest BCUT2D eigenvalue weighted by Crippen LogP contribution is 2.32. The molecule has 1 atom stereocenters. The third kappa shape index (κ3) is 2.14. The molecule has 0 aliphatic rings. The Morgan fingerprint density at radius 3 is 1.80 bits per heavy atom. The van der Waals surface area contributed by atoms with E-state index in [1.165, 1.54) is 0 Å². The van der Waals surface area contributed by atoms with Gasteiger partial charge in [-0.25, -0.2) is 0 Å². The first-order valence-corrected chi connectivity index (χ1v) is 3.64. The van der Waals surface area contributed by atoms with Crippen LogP contribution in [0.15, 0.2) is 12.7 Å². The largest absolute Gasteiger partial charge is 0.389 e. The van der Waals surface area contributed by atoms with E-state index in [0.717, 1.165) is 0 Å². The van der Waals surface area contributed by atoms with Crippen molar-refractivity contribution in [2.45, 2.75) is 39.7 Å². The molecule has 60 valence electrons. The van der Waals surface area contributed by atoms with E-state index in [4.69, 9.17) is 0 Å². The Morgan fingerprint density at radius 2 is 1.70 bits per heavy atom. The predicted octanol–water partition coefficient (Wildman–Crippen LogP) is 2.36. The van der Waals surface area contributed by atoms with Crippen molar-refractivity contribution in [1.29, 1.82) is 0 Å². The molecule has 1 heteroatoms. The summed E-state index contributed by atoms with van der Waals surface area (Å²) in [6.07, 6.45) is 2.40. The first-order chi connectivity index (χ1) is 4.31. The summed E-state index contributed by atoms with van der Waals surface area (Å²) >= 11 is 0. The van der Waals surface area contributed by atoms with Crippen LogP contribution in [0.3, 0.4) is 0 Å². The lowest BCUT2D eigenvalue weighted by Crippen LogP contribution is -2.38. The van der Waals surface area contributed by atoms with Gasteiger partial charge in [-0.15, -0.1) is 6.58 Å². The van der Waals surface area contributed by atoms with Gasteiger partial charge in [0.1, 0.15) is 0 Å². The fraction of sp³-hybridized carbons (Fsp3) is 0.778. The zero-order chi connectivity index (χ0) is 8.41. The van der Waals surface area contributed by atoms with E-state index < -0.39 is 5.60 Å². The summed E-state index contributed by atoms with van der Waals surface area (Å²) in [5, 5.41) is 9.78. The van der Waals surface area contributed by atoms with Gasteiger partial charge in [-0.2, -0.15) is 0 Å². The van der Waals surface area contributed by atoms with Gasteiger partial charge in [0.05, 0.1) is 5.60 Å². The molecular formula is C9H18O. The molecule has 0 fully saturated rings. The number of rotatable bonds is 2. The van der Waals surface area contributed by atoms with Crippen LogP contribution in [0.5, 0.6) is 0 Å². The monoisotopic (exact) mass is 142 g/mol. The van der Waals surface area contributed by atoms with Gasteiger partial charge in [0.25, 0.3) is 0 Å². The summed E-state index contributed by atoms with van der Waals surface area (Å²) in [7, 11) is 0. The average Bonchev–Trinajstić information content (AvgIpc) is 1.61. The second-order valence-electron chi connectivity index (χ2n) is 4.02. The number of hydrogen-bond donors (Lipinski definition) is 1. The fourth-order valence-corrected chi connectivity index (χ4v) is 0.587. The maximum absolute atomic E-state index is 9.78. The Kier molecular flexibility index (Phi) is 2.67. The Labute approximate surface area is 63.8 Å². The normalized spacial score (nSPS) is 18.1. The molecule has 0 bridgehead atoms. The first kappa shape index (κ1) is 9.70. The molecule has 0 aliphatic heterocycles. The van der Waals surface area contributed by atoms with E-state index in [1.54, 1.807) is 6.08 Å². The number of aliphatic hydroxyl groups is 1. The van der Waals surface area contributed by atoms with Gasteiger partial charge in [-0.05, 0) is 18.8 Å². The molecule has 0 saturated carbocycles. The fourth-order valence-electron chi connectivity index (χ4n) is 0.587. The molecule has 0 spiro atoms. The molecule has 0 aromatic rings. The van der Waals surface area contributed by atoms with Crippen molar-refractivity contribution < 1.29 is 5.11 Å². The van der Waals surface area contributed by atoms with Crippen molar-refractivity contribution in [3.63, 3.8) is 0 Å². The molecule has 1 nitrogen and oxygen atoms in total. The van der Waals surface area contributed by atoms with Crippen LogP contribution in [-0.2, 0) is 0 Å². The highest BCUT2D eigenvalue weighted by Gasteiger charge is 2.33. The van der Waals surface area contributed by atoms with Crippen LogP contribution in [0.2, 0.25) is 0 Å². The summed E-state index contributed by atoms with van der Waals surface area (Å²) in [6.45, 7) is 11.5. The van der Waals surface area contributed by atoms with E-state index >= 15 is 0 Å². The van der Waals surface area contributed by atoms with Gasteiger partial charge in [-0.1, -0.05) is 26.8 Å². The van der Waals surface area contributed by atoms with E-state index in [9.17, 15) is 5.11 Å². The summed E-state index contributed by atoms with van der Waals surface area (Å²) in [6, 6.07) is 0. The van der Waals surface area contributed by atoms with Crippen LogP contribution >= 0.6 is 0 Å². The van der Waals surface area contributed by atoms with Crippen molar-refractivity contribution in [2.24, 2.45) is 5.41 Å². The van der Waals surface area contributed by atoms with Crippen LogP contribution in [0.25, 0.3) is 0 Å². The predicted molar refractivity (Wildman–Crippen MR) is 44.9 cm³/mol. The van der Waals surface area contributed by atoms with Crippen LogP contribution in [0.4, 0.5) is 0 Å². The molecule has 0 aliphatic carbocycles. The maximum atomic E-state index is 9.78. The van der Waals surface area contributed by atoms with E-state index in [0.29, 0.717) is 6.42 Å². The minimum absolute atomic E-state index is 0.0683. The van der Waals surface area contributed by atoms with Gasteiger partial charge in [0.15, 0.2) is 0 Å². The van der Waals surface area contributed by atoms with Crippen molar-refractivity contribution in [1.82, 2.24) is 0 Å². The SMILES string of the molecule is C=CC[C@@](C)(O)C(C)(C)C. The molecule has 0 amide bonds. The Bertz CT molecular complexity index is 117. The minimum Gasteiger partial charge on any atom is -0.389 e. The van der Waals surface area contributed by atoms with Crippen molar-refractivity contribution in [2.75, 3.05) is 0 Å². The van der Waals surface area contributed by atoms with Crippen molar-refractivity contribution in [3.05, 3.63) is 12.7 Å². The molecule has 0 unspecified atom stereocenters. The van der Waals surface area contributed by atoms with Gasteiger partial charge in [0.2, 0.25) is 0 Å². The molecule has 0 radical (unpaired) electrons. The van der Waals surface area contributed by atoms with Crippen molar-refractivity contribution >= 4 is 0 Å². The smallest absolute Gasteiger partial charge is 0.0701 e. The average molecular weight is 142 g/mol. The zero-order valence-electron chi connectivity index (χ0n) is 7.44. The summed E-state index contributed by atoms with van der Waals surface area (Å²) in [5.41, 5.74) is -0.698. The number of hydrogen-bond acceptors (Lipinski definition) is 1. The standard InChI is InChI=1S/C9H18O/c1-6-7-9(5,10)8(2,3)4/h6,10H,1,7H2,2-5H3/t9-/m1/s1. The quantitative estimate of drug-likeness (QED) is 0.587. The molecule has 0 heterocycles. The third-order valence-electron chi connectivity index (χ3n) is 2.16. The Hall–Kier alpha value is -0.300. The van der Waals surface area contributed by atoms with E-state index in [-0.39, 0.29) is 5.41 Å². The van der Waals surface area contributed by atoms with Gasteiger partial charge >= 0.3 is 0 Å². The van der Waals surface area contributed by atoms with Crippen LogP contribution in [0, 0.1) is 5.41 Å². The lowest BCUT2D eigenvalue weighted by molar-refractivity contribution is -0.0382. The summed E-state index contributed by atoms with van der Waals surface area (Å²) in [4.78, 5) is 0. The van der Waals surface area contributed by atoms with Crippen LogP contribution in [0.1, 0.15) is 34.1 Å². The van der Waals surface area contributed by atoms with Gasteiger partial charge in [0, 0.05) is 0 Å². The summed E-state index contributed by atoms with van der Waals surface area (Å²) in [5.74, 6) is 0. The lowest BCUT2D eigenvalue weighted by Gasteiger charge is -2.36. The summed E-state index contributed by atoms with van der Waals surface area (Å²) < 4.78 is 0. The van der Waals surface area contributed by atoms with Gasteiger partial charge < -0.3 is 5.11 Å². The molecule has 0 rings (SSSR count). The highest BCUT2D eigenvalue weighted by molar-refractivity contribution is 4.91. The third-order valence-corrected chi connectivity index (χ3v) is 2.16. The van der Waals surface area contributed by atoms with E-state index in [1.807, 2.05) is 27.7 Å². The molecule has 0 saturated heterocycles. The first-order valence-electron chi connectivity index (χ1n) is 3.64. The molecular weight excluding hydrogens is 124 g/mol. The van der Waals surface area contributed by atoms with E-state index in [2.05, 4.69) is 6.58 Å². The molecule has 10 heavy (non-hydrogen) atoms. The Balaban J connectivity index is 4.23. The topological polar surface area (TPSA) is 20.2 Å². The van der Waals surface area contributed by atoms with Crippen molar-refractivity contribution in [3.8, 4) is 0 Å². The zero-order valence-corrected chi connectivity index (χ0v) is 7.44. The lowest BCUT2D eigenvalue weighted by atomic mass is 9.76. The molecule has 0 aromatic carbocycles. The second kappa shape index (κ2) is 2.75. The molecule has 1 N–H and O–H groups in total. The maximum Gasteiger partial charge on any atom is 0.0701 e. The minimum atomic E-state index is -0.630. The Morgan fingerprint density at radius 1 is 1.30 bits per heavy atom. The van der Waals surface area contributed by atoms with Crippen LogP contribution < -0.4 is 0 Å². The second-order valence-corrected chi connectivity index (χ2v) is 4.02. The highest BCUT2D eigenvalue weighted by atomic mass is 16.3. The van der Waals surface area contributed by atoms with Crippen LogP contribution in [-0.4, -0.2) is 10.7 Å². The van der Waals surface area contributed by atoms with Gasteiger partial charge in [-0.3, -0.25) is 0 Å². The molecule has 0 aromatic heterocycles.